The van der Waals surface area contributed by atoms with Crippen molar-refractivity contribution in [3.63, 3.8) is 0 Å². The van der Waals surface area contributed by atoms with E-state index in [4.69, 9.17) is 4.74 Å². The molecule has 2 N–H and O–H groups in total. The zero-order valence-electron chi connectivity index (χ0n) is 21.6. The van der Waals surface area contributed by atoms with Gasteiger partial charge in [0.25, 0.3) is 0 Å². The normalized spacial score (nSPS) is 32.1. The number of carbonyl (C=O) groups excluding carboxylic acids is 2. The van der Waals surface area contributed by atoms with Crippen LogP contribution in [0.3, 0.4) is 0 Å². The molecular formula is C27H41NO5S. The van der Waals surface area contributed by atoms with Gasteiger partial charge in [-0.1, -0.05) is 39.3 Å². The summed E-state index contributed by atoms with van der Waals surface area (Å²) in [4.78, 5) is 30.5. The largest absolute Gasteiger partial charge is 0.457 e. The van der Waals surface area contributed by atoms with E-state index in [2.05, 4.69) is 18.0 Å². The van der Waals surface area contributed by atoms with Gasteiger partial charge in [-0.2, -0.15) is 0 Å². The summed E-state index contributed by atoms with van der Waals surface area (Å²) in [6, 6.07) is 0. The number of ether oxygens (including phenoxy) is 1. The molecule has 0 fully saturated rings. The van der Waals surface area contributed by atoms with Gasteiger partial charge in [0.05, 0.1) is 34.7 Å². The van der Waals surface area contributed by atoms with Crippen molar-refractivity contribution >= 4 is 29.2 Å². The number of aliphatic hydroxyl groups is 2. The van der Waals surface area contributed by atoms with Gasteiger partial charge in [0.2, 0.25) is 0 Å². The Bertz CT molecular complexity index is 916. The first-order valence-electron chi connectivity index (χ1n) is 12.2. The lowest BCUT2D eigenvalue weighted by Gasteiger charge is -2.34. The Morgan fingerprint density at radius 1 is 1.24 bits per heavy atom. The molecule has 5 atom stereocenters. The number of aryl methyl sites for hydroxylation is 1. The number of ketones is 1. The van der Waals surface area contributed by atoms with Crippen molar-refractivity contribution in [2.24, 2.45) is 17.3 Å². The number of hydrogen-bond donors (Lipinski definition) is 2. The minimum absolute atomic E-state index is 0.0444. The van der Waals surface area contributed by atoms with E-state index in [1.807, 2.05) is 32.2 Å². The number of esters is 1. The van der Waals surface area contributed by atoms with Gasteiger partial charge in [0.1, 0.15) is 11.9 Å². The first-order valence-corrected chi connectivity index (χ1v) is 13.1. The molecular weight excluding hydrogens is 450 g/mol. The number of cyclic esters (lactones) is 1. The summed E-state index contributed by atoms with van der Waals surface area (Å²) < 4.78 is 5.81. The predicted octanol–water partition coefficient (Wildman–Crippen LogP) is 5.27. The zero-order valence-corrected chi connectivity index (χ0v) is 22.4. The van der Waals surface area contributed by atoms with Crippen LogP contribution in [0.15, 0.2) is 22.6 Å². The molecule has 190 valence electrons. The second kappa shape index (κ2) is 12.2. The average molecular weight is 492 g/mol. The number of allylic oxidation sites excluding steroid dienone is 1. The van der Waals surface area contributed by atoms with Crippen LogP contribution in [0.25, 0.3) is 6.08 Å². The molecule has 0 saturated heterocycles. The Hall–Kier alpha value is -1.83. The number of carbonyl (C=O) groups is 2. The van der Waals surface area contributed by atoms with E-state index < -0.39 is 35.6 Å². The molecule has 6 nitrogen and oxygen atoms in total. The minimum Gasteiger partial charge on any atom is -0.457 e. The molecule has 0 unspecified atom stereocenters. The molecule has 0 amide bonds. The molecule has 1 aliphatic rings. The summed E-state index contributed by atoms with van der Waals surface area (Å²) in [5.74, 6) is -1.49. The lowest BCUT2D eigenvalue weighted by atomic mass is 9.73. The summed E-state index contributed by atoms with van der Waals surface area (Å²) >= 11 is 1.56. The number of thiazole rings is 1. The standard InChI is InChI=1S/C27H41NO5S/c1-16-9-8-10-17(2)25(31)19(4)26(32)27(6,7)23(29)14-24(30)33-22(12-11-16)18(3)13-21-15-34-20(5)28-21/h11,13,15,17,19,22-23,25,29,31H,8-10,12,14H2,1-7H3/b16-11-,18-13?/t17-,19+,22-,23-,25-/m0/s1. The second-order valence-electron chi connectivity index (χ2n) is 10.4. The van der Waals surface area contributed by atoms with Crippen LogP contribution in [0.4, 0.5) is 0 Å². The fraction of sp³-hybridized carbons (Fsp3) is 0.667. The fourth-order valence-electron chi connectivity index (χ4n) is 4.40. The Kier molecular flexibility index (Phi) is 10.2. The highest BCUT2D eigenvalue weighted by atomic mass is 32.1. The Balaban J connectivity index is 2.33. The number of aromatic nitrogens is 1. The first kappa shape index (κ1) is 28.4. The topological polar surface area (TPSA) is 96.7 Å². The van der Waals surface area contributed by atoms with E-state index >= 15 is 0 Å². The van der Waals surface area contributed by atoms with Crippen molar-refractivity contribution in [2.75, 3.05) is 0 Å². The van der Waals surface area contributed by atoms with E-state index in [1.165, 1.54) is 5.57 Å². The van der Waals surface area contributed by atoms with Gasteiger partial charge in [-0.25, -0.2) is 4.98 Å². The highest BCUT2D eigenvalue weighted by Crippen LogP contribution is 2.32. The molecule has 0 bridgehead atoms. The smallest absolute Gasteiger partial charge is 0.309 e. The zero-order chi connectivity index (χ0) is 25.6. The van der Waals surface area contributed by atoms with Gasteiger partial charge in [-0.15, -0.1) is 11.3 Å². The van der Waals surface area contributed by atoms with E-state index in [1.54, 1.807) is 32.1 Å². The summed E-state index contributed by atoms with van der Waals surface area (Å²) in [5, 5.41) is 24.5. The van der Waals surface area contributed by atoms with Crippen molar-refractivity contribution in [3.05, 3.63) is 33.3 Å². The molecule has 2 rings (SSSR count). The molecule has 7 heteroatoms. The van der Waals surface area contributed by atoms with Crippen molar-refractivity contribution in [3.8, 4) is 0 Å². The maximum atomic E-state index is 13.2. The lowest BCUT2D eigenvalue weighted by Crippen LogP contribution is -2.45. The number of Topliss-reactive ketones (excluding diaryl/α,β-unsaturated/α-hetero) is 1. The van der Waals surface area contributed by atoms with E-state index in [0.717, 1.165) is 35.5 Å². The number of nitrogens with zero attached hydrogens (tertiary/aromatic N) is 1. The van der Waals surface area contributed by atoms with Crippen molar-refractivity contribution in [2.45, 2.75) is 98.9 Å². The monoisotopic (exact) mass is 491 g/mol. The molecule has 0 spiro atoms. The summed E-state index contributed by atoms with van der Waals surface area (Å²) in [7, 11) is 0. The third-order valence-electron chi connectivity index (χ3n) is 7.04. The van der Waals surface area contributed by atoms with Crippen LogP contribution in [0.5, 0.6) is 0 Å². The van der Waals surface area contributed by atoms with Gasteiger partial charge in [-0.3, -0.25) is 9.59 Å². The SMILES string of the molecule is CC(=Cc1csc(C)n1)[C@@H]1C/C=C(/C)CCC[C@H](C)[C@H](O)[C@@H](C)C(=O)C(C)(C)[C@@H](O)CC(=O)O1. The number of rotatable bonds is 2. The number of hydrogen-bond acceptors (Lipinski definition) is 7. The summed E-state index contributed by atoms with van der Waals surface area (Å²) in [6.45, 7) is 12.8. The van der Waals surface area contributed by atoms with Gasteiger partial charge in [0, 0.05) is 17.7 Å². The highest BCUT2D eigenvalue weighted by molar-refractivity contribution is 7.09. The second-order valence-corrected chi connectivity index (χ2v) is 11.5. The average Bonchev–Trinajstić information content (AvgIpc) is 3.18. The predicted molar refractivity (Wildman–Crippen MR) is 136 cm³/mol. The van der Waals surface area contributed by atoms with Crippen LogP contribution in [-0.2, 0) is 14.3 Å². The van der Waals surface area contributed by atoms with Gasteiger partial charge in [-0.05, 0) is 57.6 Å². The molecule has 34 heavy (non-hydrogen) atoms. The Morgan fingerprint density at radius 2 is 1.91 bits per heavy atom. The summed E-state index contributed by atoms with van der Waals surface area (Å²) in [5.41, 5.74) is 1.71. The van der Waals surface area contributed by atoms with Gasteiger partial charge in [0.15, 0.2) is 0 Å². The van der Waals surface area contributed by atoms with Crippen LogP contribution < -0.4 is 0 Å². The molecule has 0 saturated carbocycles. The van der Waals surface area contributed by atoms with Crippen molar-refractivity contribution < 1.29 is 24.5 Å². The molecule has 0 radical (unpaired) electrons. The van der Waals surface area contributed by atoms with Crippen LogP contribution >= 0.6 is 11.3 Å². The van der Waals surface area contributed by atoms with Crippen LogP contribution in [0, 0.1) is 24.2 Å². The maximum Gasteiger partial charge on any atom is 0.309 e. The van der Waals surface area contributed by atoms with Crippen LogP contribution in [-0.4, -0.2) is 45.3 Å². The summed E-state index contributed by atoms with van der Waals surface area (Å²) in [6.07, 6.45) is 4.33. The van der Waals surface area contributed by atoms with Crippen LogP contribution in [0.2, 0.25) is 0 Å². The first-order chi connectivity index (χ1) is 15.8. The highest BCUT2D eigenvalue weighted by Gasteiger charge is 2.42. The van der Waals surface area contributed by atoms with Crippen molar-refractivity contribution in [1.29, 1.82) is 0 Å². The van der Waals surface area contributed by atoms with E-state index in [0.29, 0.717) is 6.42 Å². The van der Waals surface area contributed by atoms with E-state index in [9.17, 15) is 19.8 Å². The van der Waals surface area contributed by atoms with E-state index in [-0.39, 0.29) is 18.1 Å². The third-order valence-corrected chi connectivity index (χ3v) is 7.83. The Labute approximate surface area is 208 Å². The maximum absolute atomic E-state index is 13.2. The molecule has 1 aromatic heterocycles. The lowest BCUT2D eigenvalue weighted by molar-refractivity contribution is -0.154. The molecule has 1 aromatic rings. The quantitative estimate of drug-likeness (QED) is 0.432. The third kappa shape index (κ3) is 7.59. The molecule has 0 aliphatic carbocycles. The fourth-order valence-corrected chi connectivity index (χ4v) is 4.97. The van der Waals surface area contributed by atoms with Gasteiger partial charge < -0.3 is 14.9 Å². The van der Waals surface area contributed by atoms with Gasteiger partial charge >= 0.3 is 5.97 Å². The van der Waals surface area contributed by atoms with Crippen LogP contribution in [0.1, 0.15) is 84.3 Å². The molecule has 0 aromatic carbocycles. The Morgan fingerprint density at radius 3 is 2.53 bits per heavy atom. The molecule has 1 aliphatic heterocycles. The minimum atomic E-state index is -1.21. The molecule has 2 heterocycles. The van der Waals surface area contributed by atoms with Crippen molar-refractivity contribution in [1.82, 2.24) is 4.98 Å². The number of aliphatic hydroxyl groups excluding tert-OH is 2.